The highest BCUT2D eigenvalue weighted by Gasteiger charge is 2.30. The smallest absolute Gasteiger partial charge is 0.309 e. The average Bonchev–Trinajstić information content (AvgIpc) is 3.08. The van der Waals surface area contributed by atoms with Crippen molar-refractivity contribution in [3.05, 3.63) is 51.5 Å². The molecule has 0 saturated carbocycles. The summed E-state index contributed by atoms with van der Waals surface area (Å²) in [5.41, 5.74) is 1.05. The molecule has 1 fully saturated rings. The van der Waals surface area contributed by atoms with Crippen molar-refractivity contribution < 1.29 is 13.2 Å². The lowest BCUT2D eigenvalue weighted by Gasteiger charge is -2.08. The molecule has 1 atom stereocenters. The van der Waals surface area contributed by atoms with E-state index in [-0.39, 0.29) is 0 Å². The molecule has 0 spiro atoms. The van der Waals surface area contributed by atoms with E-state index in [0.717, 1.165) is 36.2 Å². The first-order chi connectivity index (χ1) is 10.0. The Kier molecular flexibility index (Phi) is 3.99. The summed E-state index contributed by atoms with van der Waals surface area (Å²) in [6.45, 7) is 1.01. The Bertz CT molecular complexity index is 615. The van der Waals surface area contributed by atoms with Crippen LogP contribution in [0.4, 0.5) is 13.2 Å². The van der Waals surface area contributed by atoms with Crippen LogP contribution in [0, 0.1) is 0 Å². The SMILES string of the molecule is FC(F)(F)c1cccc(Cc2nc(C3CCCN3)cs2)c1. The van der Waals surface area contributed by atoms with Crippen LogP contribution >= 0.6 is 11.3 Å². The maximum absolute atomic E-state index is 12.7. The molecule has 0 aliphatic carbocycles. The van der Waals surface area contributed by atoms with E-state index < -0.39 is 11.7 Å². The van der Waals surface area contributed by atoms with Crippen molar-refractivity contribution in [3.8, 4) is 0 Å². The number of nitrogens with one attached hydrogen (secondary N) is 1. The summed E-state index contributed by atoms with van der Waals surface area (Å²) in [5, 5.41) is 6.24. The number of rotatable bonds is 3. The number of nitrogens with zero attached hydrogens (tertiary/aromatic N) is 1. The third kappa shape index (κ3) is 3.44. The van der Waals surface area contributed by atoms with Gasteiger partial charge in [0.25, 0.3) is 0 Å². The van der Waals surface area contributed by atoms with Crippen LogP contribution in [0.3, 0.4) is 0 Å². The van der Waals surface area contributed by atoms with E-state index in [0.29, 0.717) is 18.0 Å². The maximum Gasteiger partial charge on any atom is 0.416 e. The number of alkyl halides is 3. The number of thiazole rings is 1. The lowest BCUT2D eigenvalue weighted by Crippen LogP contribution is -2.13. The van der Waals surface area contributed by atoms with Crippen molar-refractivity contribution in [2.75, 3.05) is 6.54 Å². The molecule has 0 amide bonds. The molecule has 112 valence electrons. The molecule has 21 heavy (non-hydrogen) atoms. The molecule has 1 aliphatic heterocycles. The topological polar surface area (TPSA) is 24.9 Å². The van der Waals surface area contributed by atoms with Crippen molar-refractivity contribution in [1.82, 2.24) is 10.3 Å². The van der Waals surface area contributed by atoms with Gasteiger partial charge in [-0.25, -0.2) is 4.98 Å². The van der Waals surface area contributed by atoms with E-state index in [1.165, 1.54) is 23.5 Å². The van der Waals surface area contributed by atoms with Gasteiger partial charge in [-0.05, 0) is 31.0 Å². The van der Waals surface area contributed by atoms with Gasteiger partial charge in [0.15, 0.2) is 0 Å². The molecule has 1 aromatic carbocycles. The minimum absolute atomic E-state index is 0.302. The van der Waals surface area contributed by atoms with Crippen molar-refractivity contribution in [2.45, 2.75) is 31.5 Å². The highest BCUT2D eigenvalue weighted by atomic mass is 32.1. The van der Waals surface area contributed by atoms with Crippen LogP contribution in [0.2, 0.25) is 0 Å². The lowest BCUT2D eigenvalue weighted by atomic mass is 10.1. The normalized spacial score (nSPS) is 19.1. The molecule has 1 aromatic heterocycles. The van der Waals surface area contributed by atoms with E-state index in [4.69, 9.17) is 0 Å². The fourth-order valence-electron chi connectivity index (χ4n) is 2.54. The quantitative estimate of drug-likeness (QED) is 0.920. The zero-order valence-electron chi connectivity index (χ0n) is 11.3. The van der Waals surface area contributed by atoms with Crippen LogP contribution < -0.4 is 5.32 Å². The molecular formula is C15H15F3N2S. The van der Waals surface area contributed by atoms with Gasteiger partial charge in [-0.2, -0.15) is 13.2 Å². The monoisotopic (exact) mass is 312 g/mol. The predicted molar refractivity (Wildman–Crippen MR) is 76.3 cm³/mol. The summed E-state index contributed by atoms with van der Waals surface area (Å²) in [4.78, 5) is 4.55. The minimum atomic E-state index is -4.29. The molecule has 3 rings (SSSR count). The first-order valence-electron chi connectivity index (χ1n) is 6.86. The number of aromatic nitrogens is 1. The van der Waals surface area contributed by atoms with Gasteiger partial charge in [-0.3, -0.25) is 0 Å². The summed E-state index contributed by atoms with van der Waals surface area (Å²) in [6.07, 6.45) is -1.63. The Morgan fingerprint density at radius 3 is 2.90 bits per heavy atom. The second-order valence-corrected chi connectivity index (χ2v) is 6.13. The number of benzene rings is 1. The number of hydrogen-bond acceptors (Lipinski definition) is 3. The zero-order chi connectivity index (χ0) is 14.9. The molecular weight excluding hydrogens is 297 g/mol. The van der Waals surface area contributed by atoms with Gasteiger partial charge in [-0.15, -0.1) is 11.3 Å². The van der Waals surface area contributed by atoms with Gasteiger partial charge in [0.05, 0.1) is 22.3 Å². The summed E-state index contributed by atoms with van der Waals surface area (Å²) in [5.74, 6) is 0. The van der Waals surface area contributed by atoms with Gasteiger partial charge in [0.1, 0.15) is 0 Å². The van der Waals surface area contributed by atoms with Crippen molar-refractivity contribution in [2.24, 2.45) is 0 Å². The van der Waals surface area contributed by atoms with Crippen molar-refractivity contribution >= 4 is 11.3 Å². The van der Waals surface area contributed by atoms with Crippen LogP contribution in [0.1, 0.15) is 40.7 Å². The molecule has 1 N–H and O–H groups in total. The Morgan fingerprint density at radius 1 is 1.33 bits per heavy atom. The van der Waals surface area contributed by atoms with Gasteiger partial charge in [-0.1, -0.05) is 18.2 Å². The minimum Gasteiger partial charge on any atom is -0.309 e. The van der Waals surface area contributed by atoms with E-state index >= 15 is 0 Å². The Balaban J connectivity index is 1.74. The lowest BCUT2D eigenvalue weighted by molar-refractivity contribution is -0.137. The van der Waals surface area contributed by atoms with Gasteiger partial charge in [0.2, 0.25) is 0 Å². The predicted octanol–water partition coefficient (Wildman–Crippen LogP) is 4.18. The molecule has 2 aromatic rings. The fraction of sp³-hybridized carbons (Fsp3) is 0.400. The summed E-state index contributed by atoms with van der Waals surface area (Å²) >= 11 is 1.51. The molecule has 6 heteroatoms. The van der Waals surface area contributed by atoms with Crippen LogP contribution in [-0.4, -0.2) is 11.5 Å². The maximum atomic E-state index is 12.7. The average molecular weight is 312 g/mol. The molecule has 1 saturated heterocycles. The molecule has 0 radical (unpaired) electrons. The largest absolute Gasteiger partial charge is 0.416 e. The second-order valence-electron chi connectivity index (χ2n) is 5.19. The highest BCUT2D eigenvalue weighted by Crippen LogP contribution is 2.30. The van der Waals surface area contributed by atoms with Gasteiger partial charge < -0.3 is 5.32 Å². The third-order valence-corrected chi connectivity index (χ3v) is 4.46. The van der Waals surface area contributed by atoms with E-state index in [1.807, 2.05) is 5.38 Å². The second kappa shape index (κ2) is 5.77. The first kappa shape index (κ1) is 14.5. The summed E-state index contributed by atoms with van der Waals surface area (Å²) in [6, 6.07) is 5.76. The molecule has 2 heterocycles. The third-order valence-electron chi connectivity index (χ3n) is 3.60. The van der Waals surface area contributed by atoms with Crippen LogP contribution in [0.15, 0.2) is 29.6 Å². The molecule has 1 unspecified atom stereocenters. The van der Waals surface area contributed by atoms with Crippen LogP contribution in [-0.2, 0) is 12.6 Å². The molecule has 1 aliphatic rings. The summed E-state index contributed by atoms with van der Waals surface area (Å²) < 4.78 is 38.1. The first-order valence-corrected chi connectivity index (χ1v) is 7.74. The number of halogens is 3. The van der Waals surface area contributed by atoms with E-state index in [1.54, 1.807) is 6.07 Å². The van der Waals surface area contributed by atoms with Crippen molar-refractivity contribution in [3.63, 3.8) is 0 Å². The fourth-order valence-corrected chi connectivity index (χ4v) is 3.42. The Hall–Kier alpha value is -1.40. The molecule has 2 nitrogen and oxygen atoms in total. The Labute approximate surface area is 125 Å². The highest BCUT2D eigenvalue weighted by molar-refractivity contribution is 7.09. The van der Waals surface area contributed by atoms with Crippen LogP contribution in [0.25, 0.3) is 0 Å². The standard InChI is InChI=1S/C15H15F3N2S/c16-15(17,18)11-4-1-3-10(7-11)8-14-20-13(9-21-14)12-5-2-6-19-12/h1,3-4,7,9,12,19H,2,5-6,8H2. The van der Waals surface area contributed by atoms with Crippen molar-refractivity contribution in [1.29, 1.82) is 0 Å². The number of hydrogen-bond donors (Lipinski definition) is 1. The van der Waals surface area contributed by atoms with Gasteiger partial charge in [0, 0.05) is 11.8 Å². The van der Waals surface area contributed by atoms with E-state index in [2.05, 4.69) is 10.3 Å². The van der Waals surface area contributed by atoms with Gasteiger partial charge >= 0.3 is 6.18 Å². The summed E-state index contributed by atoms with van der Waals surface area (Å²) in [7, 11) is 0. The molecule has 0 bridgehead atoms. The Morgan fingerprint density at radius 2 is 2.19 bits per heavy atom. The van der Waals surface area contributed by atoms with E-state index in [9.17, 15) is 13.2 Å². The van der Waals surface area contributed by atoms with Crippen LogP contribution in [0.5, 0.6) is 0 Å². The zero-order valence-corrected chi connectivity index (χ0v) is 12.1.